The Kier molecular flexibility index (Phi) is 6.17. The summed E-state index contributed by atoms with van der Waals surface area (Å²) in [6, 6.07) is 8.39. The van der Waals surface area contributed by atoms with Gasteiger partial charge in [0.2, 0.25) is 0 Å². The minimum atomic E-state index is 0. The van der Waals surface area contributed by atoms with Gasteiger partial charge in [-0.05, 0) is 37.0 Å². The van der Waals surface area contributed by atoms with Crippen LogP contribution in [0.4, 0.5) is 0 Å². The van der Waals surface area contributed by atoms with Gasteiger partial charge in [0.05, 0.1) is 0 Å². The van der Waals surface area contributed by atoms with Crippen molar-refractivity contribution in [1.82, 2.24) is 10.6 Å². The van der Waals surface area contributed by atoms with E-state index in [0.29, 0.717) is 0 Å². The van der Waals surface area contributed by atoms with E-state index in [-0.39, 0.29) is 29.4 Å². The fraction of sp³-hybridized carbons (Fsp3) is 0.562. The van der Waals surface area contributed by atoms with Crippen molar-refractivity contribution < 1.29 is 0 Å². The number of hydrogen-bond donors (Lipinski definition) is 2. The molecule has 1 fully saturated rings. The van der Waals surface area contributed by atoms with Gasteiger partial charge in [-0.2, -0.15) is 0 Å². The first-order valence-corrected chi connectivity index (χ1v) is 7.95. The number of rotatable bonds is 3. The lowest BCUT2D eigenvalue weighted by Gasteiger charge is -2.31. The molecule has 3 nitrogen and oxygen atoms in total. The summed E-state index contributed by atoms with van der Waals surface area (Å²) in [5, 5.41) is 7.68. The van der Waals surface area contributed by atoms with Gasteiger partial charge in [0.15, 0.2) is 5.96 Å². The van der Waals surface area contributed by atoms with Crippen molar-refractivity contribution in [3.63, 3.8) is 0 Å². The largest absolute Gasteiger partial charge is 0.356 e. The molecule has 1 aliphatic heterocycles. The van der Waals surface area contributed by atoms with E-state index >= 15 is 0 Å². The van der Waals surface area contributed by atoms with Gasteiger partial charge in [0.25, 0.3) is 0 Å². The average Bonchev–Trinajstić information content (AvgIpc) is 2.97. The van der Waals surface area contributed by atoms with E-state index < -0.39 is 0 Å². The molecule has 2 N–H and O–H groups in total. The number of halogens is 2. The number of nitrogens with one attached hydrogen (secondary N) is 2. The molecule has 0 amide bonds. The molecule has 1 aliphatic carbocycles. The first-order valence-electron chi connectivity index (χ1n) is 7.57. The fourth-order valence-electron chi connectivity index (χ4n) is 3.33. The van der Waals surface area contributed by atoms with E-state index in [1.807, 2.05) is 12.1 Å². The summed E-state index contributed by atoms with van der Waals surface area (Å²) in [4.78, 5) is 4.50. The molecule has 1 saturated carbocycles. The molecular formula is C16H23ClIN3. The topological polar surface area (TPSA) is 36.4 Å². The molecule has 0 atom stereocenters. The molecule has 116 valence electrons. The number of benzene rings is 1. The van der Waals surface area contributed by atoms with Crippen LogP contribution in [-0.2, 0) is 5.41 Å². The molecule has 5 heteroatoms. The van der Waals surface area contributed by atoms with Gasteiger partial charge in [-0.15, -0.1) is 24.0 Å². The van der Waals surface area contributed by atoms with E-state index in [1.165, 1.54) is 31.2 Å². The summed E-state index contributed by atoms with van der Waals surface area (Å²) in [6.07, 6.45) is 6.24. The molecule has 0 unspecified atom stereocenters. The second kappa shape index (κ2) is 7.68. The molecule has 1 aromatic carbocycles. The summed E-state index contributed by atoms with van der Waals surface area (Å²) >= 11 is 6.02. The Labute approximate surface area is 149 Å². The quantitative estimate of drug-likeness (QED) is 0.733. The van der Waals surface area contributed by atoms with Gasteiger partial charge in [-0.25, -0.2) is 0 Å². The summed E-state index contributed by atoms with van der Waals surface area (Å²) < 4.78 is 0. The van der Waals surface area contributed by atoms with Crippen LogP contribution in [0.2, 0.25) is 5.02 Å². The molecule has 1 heterocycles. The minimum absolute atomic E-state index is 0. The number of hydrogen-bond acceptors (Lipinski definition) is 3. The second-order valence-electron chi connectivity index (χ2n) is 5.86. The lowest BCUT2D eigenvalue weighted by atomic mass is 9.79. The monoisotopic (exact) mass is 419 g/mol. The normalized spacial score (nSPS) is 20.1. The Morgan fingerprint density at radius 2 is 1.86 bits per heavy atom. The Bertz CT molecular complexity index is 481. The van der Waals surface area contributed by atoms with Crippen molar-refractivity contribution in [2.75, 3.05) is 19.6 Å². The summed E-state index contributed by atoms with van der Waals surface area (Å²) in [5.74, 6) is 0.969. The van der Waals surface area contributed by atoms with Crippen LogP contribution in [0.25, 0.3) is 0 Å². The molecule has 1 aromatic rings. The Morgan fingerprint density at radius 3 is 2.48 bits per heavy atom. The zero-order valence-corrected chi connectivity index (χ0v) is 15.3. The predicted molar refractivity (Wildman–Crippen MR) is 99.9 cm³/mol. The predicted octanol–water partition coefficient (Wildman–Crippen LogP) is 3.71. The Balaban J connectivity index is 0.00000161. The van der Waals surface area contributed by atoms with Crippen molar-refractivity contribution >= 4 is 41.5 Å². The van der Waals surface area contributed by atoms with Gasteiger partial charge >= 0.3 is 0 Å². The van der Waals surface area contributed by atoms with E-state index in [4.69, 9.17) is 11.6 Å². The van der Waals surface area contributed by atoms with Gasteiger partial charge in [-0.3, -0.25) is 4.99 Å². The van der Waals surface area contributed by atoms with Crippen LogP contribution in [0.3, 0.4) is 0 Å². The van der Waals surface area contributed by atoms with Crippen molar-refractivity contribution in [3.8, 4) is 0 Å². The molecule has 2 aliphatic rings. The number of nitrogens with zero attached hydrogens (tertiary/aromatic N) is 1. The van der Waals surface area contributed by atoms with Gasteiger partial charge < -0.3 is 10.6 Å². The summed E-state index contributed by atoms with van der Waals surface area (Å²) in [6.45, 7) is 2.92. The SMILES string of the molecule is Clc1ccc(C2(CNC3=NCCCN3)CCCC2)cc1.I. The van der Waals surface area contributed by atoms with Crippen LogP contribution in [-0.4, -0.2) is 25.6 Å². The molecule has 0 spiro atoms. The molecule has 0 bridgehead atoms. The van der Waals surface area contributed by atoms with Crippen LogP contribution in [0.1, 0.15) is 37.7 Å². The van der Waals surface area contributed by atoms with Gasteiger partial charge in [-0.1, -0.05) is 36.6 Å². The highest BCUT2D eigenvalue weighted by Crippen LogP contribution is 2.40. The molecule has 0 saturated heterocycles. The smallest absolute Gasteiger partial charge is 0.191 e. The van der Waals surface area contributed by atoms with Crippen LogP contribution >= 0.6 is 35.6 Å². The maximum absolute atomic E-state index is 6.02. The molecule has 3 rings (SSSR count). The van der Waals surface area contributed by atoms with Gasteiger partial charge in [0, 0.05) is 30.1 Å². The standard InChI is InChI=1S/C16H22ClN3.HI/c17-14-6-4-13(5-7-14)16(8-1-2-9-16)12-20-15-18-10-3-11-19-15;/h4-7H,1-3,8-12H2,(H2,18,19,20);1H. The van der Waals surface area contributed by atoms with Crippen LogP contribution in [0.5, 0.6) is 0 Å². The lowest BCUT2D eigenvalue weighted by Crippen LogP contribution is -2.46. The Hall–Kier alpha value is -0.490. The second-order valence-corrected chi connectivity index (χ2v) is 6.29. The highest BCUT2D eigenvalue weighted by Gasteiger charge is 2.35. The zero-order chi connectivity index (χ0) is 13.8. The lowest BCUT2D eigenvalue weighted by molar-refractivity contribution is 0.430. The van der Waals surface area contributed by atoms with Crippen LogP contribution < -0.4 is 10.6 Å². The van der Waals surface area contributed by atoms with Crippen molar-refractivity contribution in [2.45, 2.75) is 37.5 Å². The maximum Gasteiger partial charge on any atom is 0.191 e. The van der Waals surface area contributed by atoms with E-state index in [9.17, 15) is 0 Å². The fourth-order valence-corrected chi connectivity index (χ4v) is 3.45. The summed E-state index contributed by atoms with van der Waals surface area (Å²) in [5.41, 5.74) is 1.65. The van der Waals surface area contributed by atoms with Crippen LogP contribution in [0.15, 0.2) is 29.3 Å². The van der Waals surface area contributed by atoms with Crippen molar-refractivity contribution in [1.29, 1.82) is 0 Å². The van der Waals surface area contributed by atoms with Crippen molar-refractivity contribution in [2.24, 2.45) is 4.99 Å². The third-order valence-corrected chi connectivity index (χ3v) is 4.76. The third-order valence-electron chi connectivity index (χ3n) is 4.51. The average molecular weight is 420 g/mol. The number of guanidine groups is 1. The molecule has 0 aromatic heterocycles. The third kappa shape index (κ3) is 4.03. The van der Waals surface area contributed by atoms with E-state index in [0.717, 1.165) is 37.0 Å². The first kappa shape index (κ1) is 16.9. The molecule has 21 heavy (non-hydrogen) atoms. The summed E-state index contributed by atoms with van der Waals surface area (Å²) in [7, 11) is 0. The van der Waals surface area contributed by atoms with Gasteiger partial charge in [0.1, 0.15) is 0 Å². The zero-order valence-electron chi connectivity index (χ0n) is 12.2. The Morgan fingerprint density at radius 1 is 1.14 bits per heavy atom. The molecular weight excluding hydrogens is 397 g/mol. The number of aliphatic imine (C=N–C) groups is 1. The highest BCUT2D eigenvalue weighted by atomic mass is 127. The highest BCUT2D eigenvalue weighted by molar-refractivity contribution is 14.0. The van der Waals surface area contributed by atoms with Crippen molar-refractivity contribution in [3.05, 3.63) is 34.9 Å². The molecule has 0 radical (unpaired) electrons. The van der Waals surface area contributed by atoms with Crippen LogP contribution in [0, 0.1) is 0 Å². The maximum atomic E-state index is 6.02. The van der Waals surface area contributed by atoms with E-state index in [2.05, 4.69) is 27.8 Å². The minimum Gasteiger partial charge on any atom is -0.356 e. The van der Waals surface area contributed by atoms with E-state index in [1.54, 1.807) is 0 Å². The first-order chi connectivity index (χ1) is 9.78.